The third-order valence-electron chi connectivity index (χ3n) is 5.46. The third kappa shape index (κ3) is 3.36. The van der Waals surface area contributed by atoms with Crippen LogP contribution in [0.15, 0.2) is 30.6 Å². The van der Waals surface area contributed by atoms with Gasteiger partial charge in [0.25, 0.3) is 17.7 Å². The number of tetrazole rings is 1. The van der Waals surface area contributed by atoms with E-state index >= 15 is 0 Å². The Morgan fingerprint density at radius 1 is 1.13 bits per heavy atom. The first-order valence-corrected chi connectivity index (χ1v) is 9.51. The molecule has 1 unspecified atom stereocenters. The van der Waals surface area contributed by atoms with E-state index in [0.717, 1.165) is 17.7 Å². The van der Waals surface area contributed by atoms with E-state index < -0.39 is 35.3 Å². The molecule has 156 valence electrons. The van der Waals surface area contributed by atoms with Crippen LogP contribution in [0.4, 0.5) is 4.79 Å². The molecule has 2 aromatic rings. The first-order valence-electron chi connectivity index (χ1n) is 9.51. The van der Waals surface area contributed by atoms with Crippen molar-refractivity contribution in [2.45, 2.75) is 44.2 Å². The number of urea groups is 1. The van der Waals surface area contributed by atoms with Crippen LogP contribution in [0, 0.1) is 0 Å². The molecule has 1 aromatic heterocycles. The van der Waals surface area contributed by atoms with E-state index in [1.165, 1.54) is 17.9 Å². The first-order chi connectivity index (χ1) is 14.4. The Balaban J connectivity index is 1.35. The van der Waals surface area contributed by atoms with Gasteiger partial charge in [-0.1, -0.05) is 12.8 Å². The summed E-state index contributed by atoms with van der Waals surface area (Å²) in [5, 5.41) is 13.6. The van der Waals surface area contributed by atoms with Gasteiger partial charge in [0.2, 0.25) is 0 Å². The normalized spacial score (nSPS) is 18.4. The van der Waals surface area contributed by atoms with E-state index in [1.807, 2.05) is 0 Å². The molecule has 5 amide bonds. The summed E-state index contributed by atoms with van der Waals surface area (Å²) in [6.45, 7) is 1.44. The molecule has 0 bridgehead atoms. The van der Waals surface area contributed by atoms with Gasteiger partial charge in [-0.3, -0.25) is 25.2 Å². The number of nitrogens with one attached hydrogen (secondary N) is 3. The fourth-order valence-electron chi connectivity index (χ4n) is 3.77. The Kier molecular flexibility index (Phi) is 4.90. The molecule has 12 heteroatoms. The molecule has 12 nitrogen and oxygen atoms in total. The van der Waals surface area contributed by atoms with Crippen molar-refractivity contribution in [1.29, 1.82) is 0 Å². The van der Waals surface area contributed by atoms with Gasteiger partial charge in [0.05, 0.1) is 5.69 Å². The maximum Gasteiger partial charge on any atom is 0.325 e. The van der Waals surface area contributed by atoms with Gasteiger partial charge in [-0.2, -0.15) is 0 Å². The lowest BCUT2D eigenvalue weighted by molar-refractivity contribution is -0.138. The van der Waals surface area contributed by atoms with Crippen LogP contribution in [0.5, 0.6) is 0 Å². The maximum atomic E-state index is 12.7. The Labute approximate surface area is 171 Å². The highest BCUT2D eigenvalue weighted by molar-refractivity contribution is 6.10. The number of hydrogen-bond acceptors (Lipinski definition) is 7. The summed E-state index contributed by atoms with van der Waals surface area (Å²) in [6, 6.07) is 4.72. The van der Waals surface area contributed by atoms with E-state index in [-0.39, 0.29) is 0 Å². The largest absolute Gasteiger partial charge is 0.325 e. The van der Waals surface area contributed by atoms with Crippen molar-refractivity contribution in [3.63, 3.8) is 0 Å². The lowest BCUT2D eigenvalue weighted by Gasteiger charge is -2.23. The molecule has 0 radical (unpaired) electrons. The van der Waals surface area contributed by atoms with Gasteiger partial charge in [-0.15, -0.1) is 5.10 Å². The quantitative estimate of drug-likeness (QED) is 0.460. The van der Waals surface area contributed by atoms with Crippen LogP contribution in [-0.2, 0) is 9.59 Å². The second-order valence-corrected chi connectivity index (χ2v) is 7.32. The van der Waals surface area contributed by atoms with Crippen LogP contribution < -0.4 is 16.2 Å². The topological polar surface area (TPSA) is 151 Å². The maximum absolute atomic E-state index is 12.7. The minimum atomic E-state index is -1.07. The molecule has 1 aromatic carbocycles. The van der Waals surface area contributed by atoms with Crippen molar-refractivity contribution < 1.29 is 19.2 Å². The fraction of sp³-hybridized carbons (Fsp3) is 0.389. The Hall–Kier alpha value is -3.83. The number of carbonyl (C=O) groups excluding carboxylic acids is 4. The number of rotatable bonds is 4. The van der Waals surface area contributed by atoms with E-state index in [1.54, 1.807) is 24.3 Å². The first kappa shape index (κ1) is 19.5. The van der Waals surface area contributed by atoms with Gasteiger partial charge in [0.15, 0.2) is 0 Å². The van der Waals surface area contributed by atoms with E-state index in [0.29, 0.717) is 24.1 Å². The van der Waals surface area contributed by atoms with Crippen LogP contribution >= 0.6 is 0 Å². The van der Waals surface area contributed by atoms with Gasteiger partial charge in [-0.25, -0.2) is 14.4 Å². The van der Waals surface area contributed by atoms with Crippen molar-refractivity contribution in [2.24, 2.45) is 0 Å². The Morgan fingerprint density at radius 3 is 2.47 bits per heavy atom. The summed E-state index contributed by atoms with van der Waals surface area (Å²) < 4.78 is 1.43. The molecular weight excluding hydrogens is 392 g/mol. The number of aromatic nitrogens is 4. The molecule has 30 heavy (non-hydrogen) atoms. The van der Waals surface area contributed by atoms with Crippen LogP contribution in [0.2, 0.25) is 0 Å². The fourth-order valence-corrected chi connectivity index (χ4v) is 3.77. The van der Waals surface area contributed by atoms with Crippen LogP contribution in [0.1, 0.15) is 43.0 Å². The number of carbonyl (C=O) groups is 4. The number of hydrazine groups is 1. The van der Waals surface area contributed by atoms with Gasteiger partial charge in [0.1, 0.15) is 17.9 Å². The van der Waals surface area contributed by atoms with Crippen molar-refractivity contribution in [3.05, 3.63) is 36.2 Å². The summed E-state index contributed by atoms with van der Waals surface area (Å²) in [4.78, 5) is 50.7. The smallest absolute Gasteiger partial charge is 0.323 e. The highest BCUT2D eigenvalue weighted by Crippen LogP contribution is 2.35. The van der Waals surface area contributed by atoms with Crippen LogP contribution in [-0.4, -0.2) is 60.4 Å². The van der Waals surface area contributed by atoms with Gasteiger partial charge in [0, 0.05) is 5.56 Å². The number of amides is 5. The molecule has 1 aliphatic heterocycles. The third-order valence-corrected chi connectivity index (χ3v) is 5.46. The van der Waals surface area contributed by atoms with Crippen LogP contribution in [0.3, 0.4) is 0 Å². The van der Waals surface area contributed by atoms with E-state index in [2.05, 4.69) is 31.7 Å². The highest BCUT2D eigenvalue weighted by Gasteiger charge is 2.54. The summed E-state index contributed by atoms with van der Waals surface area (Å²) in [5.41, 5.74) is 4.62. The van der Waals surface area contributed by atoms with Gasteiger partial charge in [-0.05, 0) is 54.5 Å². The molecule has 4 rings (SSSR count). The Morgan fingerprint density at radius 2 is 1.83 bits per heavy atom. The average Bonchev–Trinajstić information content (AvgIpc) is 3.48. The molecule has 1 spiro atoms. The van der Waals surface area contributed by atoms with Crippen molar-refractivity contribution in [2.75, 3.05) is 0 Å². The molecule has 2 fully saturated rings. The minimum Gasteiger partial charge on any atom is -0.323 e. The predicted octanol–water partition coefficient (Wildman–Crippen LogP) is -0.324. The number of hydrogen-bond donors (Lipinski definition) is 3. The SMILES string of the molecule is CC(C(=O)NNC(=O)c1ccc(-n2cnnn2)cc1)N1C(=O)NC2(CCCC2)C1=O. The second-order valence-electron chi connectivity index (χ2n) is 7.32. The summed E-state index contributed by atoms with van der Waals surface area (Å²) in [5.74, 6) is -1.62. The van der Waals surface area contributed by atoms with Gasteiger partial charge < -0.3 is 5.32 Å². The molecule has 1 atom stereocenters. The zero-order chi connectivity index (χ0) is 21.3. The lowest BCUT2D eigenvalue weighted by atomic mass is 9.97. The Bertz CT molecular complexity index is 982. The average molecular weight is 412 g/mol. The standard InChI is InChI=1S/C18H20N8O4/c1-11(26-16(29)18(20-17(26)30)8-2-3-9-18)14(27)21-22-15(28)12-4-6-13(7-5-12)25-10-19-23-24-25/h4-7,10-11H,2-3,8-9H2,1H3,(H,20,30)(H,21,27)(H,22,28). The minimum absolute atomic E-state index is 0.291. The predicted molar refractivity (Wildman–Crippen MR) is 101 cm³/mol. The molecule has 2 heterocycles. The molecule has 3 N–H and O–H groups in total. The summed E-state index contributed by atoms with van der Waals surface area (Å²) in [7, 11) is 0. The molecule has 2 aliphatic rings. The van der Waals surface area contributed by atoms with E-state index in [4.69, 9.17) is 0 Å². The molecule has 1 saturated carbocycles. The second kappa shape index (κ2) is 7.54. The monoisotopic (exact) mass is 412 g/mol. The number of nitrogens with zero attached hydrogens (tertiary/aromatic N) is 5. The summed E-state index contributed by atoms with van der Waals surface area (Å²) in [6.07, 6.45) is 4.26. The van der Waals surface area contributed by atoms with Crippen molar-refractivity contribution in [1.82, 2.24) is 41.3 Å². The number of imide groups is 1. The number of benzene rings is 1. The zero-order valence-electron chi connectivity index (χ0n) is 16.2. The lowest BCUT2D eigenvalue weighted by Crippen LogP contribution is -2.53. The van der Waals surface area contributed by atoms with Crippen molar-refractivity contribution in [3.8, 4) is 5.69 Å². The molecule has 1 saturated heterocycles. The highest BCUT2D eigenvalue weighted by atomic mass is 16.2. The van der Waals surface area contributed by atoms with E-state index in [9.17, 15) is 19.2 Å². The van der Waals surface area contributed by atoms with Crippen LogP contribution in [0.25, 0.3) is 5.69 Å². The molecule has 1 aliphatic carbocycles. The van der Waals surface area contributed by atoms with Gasteiger partial charge >= 0.3 is 6.03 Å². The zero-order valence-corrected chi connectivity index (χ0v) is 16.2. The molecular formula is C18H20N8O4. The summed E-state index contributed by atoms with van der Waals surface area (Å²) >= 11 is 0. The van der Waals surface area contributed by atoms with Crippen molar-refractivity contribution >= 4 is 23.8 Å².